The summed E-state index contributed by atoms with van der Waals surface area (Å²) in [6.07, 6.45) is 0. The number of nitrogens with one attached hydrogen (secondary N) is 1. The van der Waals surface area contributed by atoms with Gasteiger partial charge in [-0.25, -0.2) is 9.97 Å². The van der Waals surface area contributed by atoms with Crippen molar-refractivity contribution in [2.45, 2.75) is 40.8 Å². The van der Waals surface area contributed by atoms with E-state index in [4.69, 9.17) is 0 Å². The molecule has 0 spiro atoms. The lowest BCUT2D eigenvalue weighted by Gasteiger charge is -2.20. The molecule has 1 aromatic carbocycles. The zero-order chi connectivity index (χ0) is 15.9. The van der Waals surface area contributed by atoms with E-state index in [1.807, 2.05) is 19.9 Å². The zero-order valence-electron chi connectivity index (χ0n) is 14.1. The minimum atomic E-state index is 0.704. The summed E-state index contributed by atoms with van der Waals surface area (Å²) in [4.78, 5) is 11.3. The van der Waals surface area contributed by atoms with Gasteiger partial charge in [-0.15, -0.1) is 0 Å². The second-order valence-corrected chi connectivity index (χ2v) is 5.56. The quantitative estimate of drug-likeness (QED) is 0.849. The number of hydrogen-bond acceptors (Lipinski definition) is 4. The van der Waals surface area contributed by atoms with E-state index in [0.717, 1.165) is 37.6 Å². The summed E-state index contributed by atoms with van der Waals surface area (Å²) in [5.74, 6) is 0.704. The van der Waals surface area contributed by atoms with Gasteiger partial charge in [0.2, 0.25) is 5.95 Å². The molecule has 0 amide bonds. The van der Waals surface area contributed by atoms with Crippen LogP contribution in [0.2, 0.25) is 0 Å². The Labute approximate surface area is 133 Å². The van der Waals surface area contributed by atoms with Gasteiger partial charge < -0.3 is 5.32 Å². The molecule has 4 nitrogen and oxygen atoms in total. The fourth-order valence-corrected chi connectivity index (χ4v) is 2.55. The first-order valence-electron chi connectivity index (χ1n) is 7.97. The number of benzene rings is 1. The van der Waals surface area contributed by atoms with Crippen LogP contribution in [-0.4, -0.2) is 28.0 Å². The van der Waals surface area contributed by atoms with Crippen molar-refractivity contribution < 1.29 is 0 Å². The molecule has 0 aliphatic carbocycles. The van der Waals surface area contributed by atoms with E-state index in [2.05, 4.69) is 58.3 Å². The fourth-order valence-electron chi connectivity index (χ4n) is 2.55. The zero-order valence-corrected chi connectivity index (χ0v) is 14.1. The van der Waals surface area contributed by atoms with Gasteiger partial charge in [-0.1, -0.05) is 38.1 Å². The SMILES string of the molecule is CCN(CC)Cc1ccccc1CNc1nc(C)cc(C)n1. The third kappa shape index (κ3) is 4.53. The van der Waals surface area contributed by atoms with E-state index >= 15 is 0 Å². The Morgan fingerprint density at radius 2 is 1.55 bits per heavy atom. The fraction of sp³-hybridized carbons (Fsp3) is 0.444. The van der Waals surface area contributed by atoms with Gasteiger partial charge in [-0.2, -0.15) is 0 Å². The molecule has 0 aliphatic heterocycles. The van der Waals surface area contributed by atoms with E-state index < -0.39 is 0 Å². The Morgan fingerprint density at radius 3 is 2.14 bits per heavy atom. The minimum Gasteiger partial charge on any atom is -0.350 e. The number of hydrogen-bond donors (Lipinski definition) is 1. The van der Waals surface area contributed by atoms with E-state index in [1.165, 1.54) is 11.1 Å². The Kier molecular flexibility index (Phi) is 5.90. The molecular weight excluding hydrogens is 272 g/mol. The number of aromatic nitrogens is 2. The highest BCUT2D eigenvalue weighted by molar-refractivity contribution is 5.33. The maximum Gasteiger partial charge on any atom is 0.223 e. The van der Waals surface area contributed by atoms with Crippen LogP contribution in [0.5, 0.6) is 0 Å². The van der Waals surface area contributed by atoms with E-state index in [-0.39, 0.29) is 0 Å². The number of anilines is 1. The van der Waals surface area contributed by atoms with Gasteiger partial charge in [0.05, 0.1) is 0 Å². The van der Waals surface area contributed by atoms with Crippen LogP contribution in [0.4, 0.5) is 5.95 Å². The Hall–Kier alpha value is -1.94. The molecular formula is C18H26N4. The average molecular weight is 298 g/mol. The Morgan fingerprint density at radius 1 is 0.955 bits per heavy atom. The van der Waals surface area contributed by atoms with Crippen molar-refractivity contribution in [3.63, 3.8) is 0 Å². The molecule has 4 heteroatoms. The summed E-state index contributed by atoms with van der Waals surface area (Å²) < 4.78 is 0. The van der Waals surface area contributed by atoms with Crippen molar-refractivity contribution in [2.75, 3.05) is 18.4 Å². The first kappa shape index (κ1) is 16.4. The van der Waals surface area contributed by atoms with Crippen LogP contribution in [0.3, 0.4) is 0 Å². The first-order chi connectivity index (χ1) is 10.6. The minimum absolute atomic E-state index is 0.704. The predicted octanol–water partition coefficient (Wildman–Crippen LogP) is 3.55. The third-order valence-corrected chi connectivity index (χ3v) is 3.83. The first-order valence-corrected chi connectivity index (χ1v) is 7.97. The van der Waals surface area contributed by atoms with Crippen molar-refractivity contribution in [3.8, 4) is 0 Å². The van der Waals surface area contributed by atoms with Crippen molar-refractivity contribution >= 4 is 5.95 Å². The molecule has 0 radical (unpaired) electrons. The Balaban J connectivity index is 2.09. The van der Waals surface area contributed by atoms with Crippen molar-refractivity contribution in [3.05, 3.63) is 52.8 Å². The second kappa shape index (κ2) is 7.90. The Bertz CT molecular complexity index is 586. The van der Waals surface area contributed by atoms with Crippen LogP contribution in [-0.2, 0) is 13.1 Å². The van der Waals surface area contributed by atoms with Crippen molar-refractivity contribution in [1.29, 1.82) is 0 Å². The van der Waals surface area contributed by atoms with Gasteiger partial charge in [-0.3, -0.25) is 4.90 Å². The summed E-state index contributed by atoms with van der Waals surface area (Å²) in [5.41, 5.74) is 4.65. The standard InChI is InChI=1S/C18H26N4/c1-5-22(6-2)13-17-10-8-7-9-16(17)12-19-18-20-14(3)11-15(4)21-18/h7-11H,5-6,12-13H2,1-4H3,(H,19,20,21). The molecule has 1 aromatic heterocycles. The van der Waals surface area contributed by atoms with Gasteiger partial charge >= 0.3 is 0 Å². The van der Waals surface area contributed by atoms with Gasteiger partial charge in [0, 0.05) is 24.5 Å². The van der Waals surface area contributed by atoms with Gasteiger partial charge in [0.15, 0.2) is 0 Å². The topological polar surface area (TPSA) is 41.0 Å². The van der Waals surface area contributed by atoms with Gasteiger partial charge in [0.25, 0.3) is 0 Å². The summed E-state index contributed by atoms with van der Waals surface area (Å²) in [7, 11) is 0. The van der Waals surface area contributed by atoms with E-state index in [9.17, 15) is 0 Å². The molecule has 0 aliphatic rings. The molecule has 1 N–H and O–H groups in total. The highest BCUT2D eigenvalue weighted by Crippen LogP contribution is 2.14. The highest BCUT2D eigenvalue weighted by atomic mass is 15.1. The average Bonchev–Trinajstić information content (AvgIpc) is 2.50. The van der Waals surface area contributed by atoms with Crippen LogP contribution in [0.15, 0.2) is 30.3 Å². The molecule has 0 fully saturated rings. The van der Waals surface area contributed by atoms with Gasteiger partial charge in [-0.05, 0) is 44.1 Å². The lowest BCUT2D eigenvalue weighted by atomic mass is 10.1. The van der Waals surface area contributed by atoms with Crippen LogP contribution in [0.1, 0.15) is 36.4 Å². The molecule has 2 aromatic rings. The summed E-state index contributed by atoms with van der Waals surface area (Å²) in [5, 5.41) is 3.35. The van der Waals surface area contributed by atoms with Crippen LogP contribution in [0, 0.1) is 13.8 Å². The summed E-state index contributed by atoms with van der Waals surface area (Å²) in [6.45, 7) is 12.3. The smallest absolute Gasteiger partial charge is 0.223 e. The predicted molar refractivity (Wildman–Crippen MR) is 91.9 cm³/mol. The monoisotopic (exact) mass is 298 g/mol. The van der Waals surface area contributed by atoms with Crippen molar-refractivity contribution in [1.82, 2.24) is 14.9 Å². The van der Waals surface area contributed by atoms with Gasteiger partial charge in [0.1, 0.15) is 0 Å². The van der Waals surface area contributed by atoms with Crippen LogP contribution in [0.25, 0.3) is 0 Å². The molecule has 22 heavy (non-hydrogen) atoms. The molecule has 0 bridgehead atoms. The third-order valence-electron chi connectivity index (χ3n) is 3.83. The number of rotatable bonds is 7. The largest absolute Gasteiger partial charge is 0.350 e. The van der Waals surface area contributed by atoms with E-state index in [1.54, 1.807) is 0 Å². The van der Waals surface area contributed by atoms with Crippen molar-refractivity contribution in [2.24, 2.45) is 0 Å². The maximum atomic E-state index is 4.44. The summed E-state index contributed by atoms with van der Waals surface area (Å²) in [6, 6.07) is 10.6. The molecule has 118 valence electrons. The molecule has 0 atom stereocenters. The lowest BCUT2D eigenvalue weighted by molar-refractivity contribution is 0.295. The molecule has 1 heterocycles. The normalized spacial score (nSPS) is 11.0. The maximum absolute atomic E-state index is 4.44. The van der Waals surface area contributed by atoms with Crippen LogP contribution >= 0.6 is 0 Å². The summed E-state index contributed by atoms with van der Waals surface area (Å²) >= 11 is 0. The molecule has 2 rings (SSSR count). The number of aryl methyl sites for hydroxylation is 2. The van der Waals surface area contributed by atoms with Crippen LogP contribution < -0.4 is 5.32 Å². The molecule has 0 saturated heterocycles. The number of nitrogens with zero attached hydrogens (tertiary/aromatic N) is 3. The van der Waals surface area contributed by atoms with E-state index in [0.29, 0.717) is 5.95 Å². The highest BCUT2D eigenvalue weighted by Gasteiger charge is 2.07. The molecule has 0 unspecified atom stereocenters. The second-order valence-electron chi connectivity index (χ2n) is 5.56. The lowest BCUT2D eigenvalue weighted by Crippen LogP contribution is -2.23. The molecule has 0 saturated carbocycles.